The second-order valence-corrected chi connectivity index (χ2v) is 6.39. The van der Waals surface area contributed by atoms with E-state index in [0.717, 1.165) is 22.6 Å². The Hall–Kier alpha value is -3.34. The number of benzene rings is 3. The van der Waals surface area contributed by atoms with Crippen LogP contribution in [-0.2, 0) is 6.54 Å². The highest BCUT2D eigenvalue weighted by atomic mass is 16.6. The highest BCUT2D eigenvalue weighted by Crippen LogP contribution is 2.38. The Labute approximate surface area is 151 Å². The van der Waals surface area contributed by atoms with Crippen molar-refractivity contribution in [2.75, 3.05) is 4.90 Å². The van der Waals surface area contributed by atoms with Crippen molar-refractivity contribution in [2.45, 2.75) is 19.7 Å². The highest BCUT2D eigenvalue weighted by molar-refractivity contribution is 5.54. The Morgan fingerprint density at radius 1 is 1.04 bits per heavy atom. The van der Waals surface area contributed by atoms with E-state index in [4.69, 9.17) is 4.74 Å². The van der Waals surface area contributed by atoms with Crippen LogP contribution in [0.15, 0.2) is 72.8 Å². The Kier molecular flexibility index (Phi) is 4.05. The molecule has 5 heteroatoms. The molecule has 0 amide bonds. The van der Waals surface area contributed by atoms with Gasteiger partial charge in [0.1, 0.15) is 5.75 Å². The molecule has 0 N–H and O–H groups in total. The Morgan fingerprint density at radius 2 is 1.81 bits per heavy atom. The Morgan fingerprint density at radius 3 is 2.58 bits per heavy atom. The van der Waals surface area contributed by atoms with Gasteiger partial charge in [-0.05, 0) is 25.1 Å². The molecule has 4 rings (SSSR count). The molecular formula is C21H18N2O3. The van der Waals surface area contributed by atoms with Crippen LogP contribution in [0.1, 0.15) is 22.9 Å². The first-order chi connectivity index (χ1) is 12.6. The van der Waals surface area contributed by atoms with E-state index in [1.807, 2.05) is 37.3 Å². The molecule has 1 heterocycles. The number of anilines is 1. The summed E-state index contributed by atoms with van der Waals surface area (Å²) < 4.78 is 6.25. The van der Waals surface area contributed by atoms with E-state index >= 15 is 0 Å². The van der Waals surface area contributed by atoms with Crippen LogP contribution in [0, 0.1) is 17.0 Å². The number of hydrogen-bond acceptors (Lipinski definition) is 4. The number of non-ortho nitro benzene ring substituents is 1. The first-order valence-corrected chi connectivity index (χ1v) is 8.44. The van der Waals surface area contributed by atoms with Crippen molar-refractivity contribution in [1.29, 1.82) is 0 Å². The van der Waals surface area contributed by atoms with E-state index in [9.17, 15) is 10.1 Å². The van der Waals surface area contributed by atoms with Gasteiger partial charge in [-0.2, -0.15) is 0 Å². The average molecular weight is 346 g/mol. The SMILES string of the molecule is Cc1ccc(N2Cc3ccccc3OC2c2cccc([N+](=O)[O-])c2)cc1. The van der Waals surface area contributed by atoms with Crippen molar-refractivity contribution < 1.29 is 9.66 Å². The summed E-state index contributed by atoms with van der Waals surface area (Å²) in [6.07, 6.45) is -0.424. The largest absolute Gasteiger partial charge is 0.466 e. The highest BCUT2D eigenvalue weighted by Gasteiger charge is 2.30. The standard InChI is InChI=1S/C21H18N2O3/c1-15-9-11-18(12-10-15)22-14-17-5-2-3-8-20(17)26-21(22)16-6-4-7-19(13-16)23(24)25/h2-13,21H,14H2,1H3. The third-order valence-electron chi connectivity index (χ3n) is 4.57. The summed E-state index contributed by atoms with van der Waals surface area (Å²) in [6.45, 7) is 2.72. The van der Waals surface area contributed by atoms with Gasteiger partial charge in [-0.3, -0.25) is 10.1 Å². The monoisotopic (exact) mass is 346 g/mol. The number of fused-ring (bicyclic) bond motifs is 1. The number of nitro groups is 1. The maximum absolute atomic E-state index is 11.2. The van der Waals surface area contributed by atoms with Gasteiger partial charge >= 0.3 is 0 Å². The molecular weight excluding hydrogens is 328 g/mol. The second kappa shape index (κ2) is 6.52. The van der Waals surface area contributed by atoms with Crippen molar-refractivity contribution in [2.24, 2.45) is 0 Å². The third-order valence-corrected chi connectivity index (χ3v) is 4.57. The van der Waals surface area contributed by atoms with E-state index in [-0.39, 0.29) is 10.6 Å². The minimum atomic E-state index is -0.424. The molecule has 1 unspecified atom stereocenters. The van der Waals surface area contributed by atoms with Crippen LogP contribution in [0.2, 0.25) is 0 Å². The summed E-state index contributed by atoms with van der Waals surface area (Å²) in [5.74, 6) is 0.812. The fourth-order valence-corrected chi connectivity index (χ4v) is 3.20. The maximum atomic E-state index is 11.2. The van der Waals surface area contributed by atoms with Gasteiger partial charge in [0.15, 0.2) is 6.23 Å². The lowest BCUT2D eigenvalue weighted by Gasteiger charge is -2.38. The van der Waals surface area contributed by atoms with Crippen molar-refractivity contribution >= 4 is 11.4 Å². The van der Waals surface area contributed by atoms with E-state index < -0.39 is 6.23 Å². The lowest BCUT2D eigenvalue weighted by atomic mass is 10.1. The minimum Gasteiger partial charge on any atom is -0.466 e. The normalized spacial score (nSPS) is 15.9. The number of para-hydroxylation sites is 1. The van der Waals surface area contributed by atoms with E-state index in [0.29, 0.717) is 6.54 Å². The summed E-state index contributed by atoms with van der Waals surface area (Å²) in [4.78, 5) is 12.9. The van der Waals surface area contributed by atoms with E-state index in [1.54, 1.807) is 12.1 Å². The van der Waals surface area contributed by atoms with Crippen LogP contribution < -0.4 is 9.64 Å². The lowest BCUT2D eigenvalue weighted by Crippen LogP contribution is -2.36. The molecule has 0 saturated heterocycles. The Bertz CT molecular complexity index is 953. The summed E-state index contributed by atoms with van der Waals surface area (Å²) in [6, 6.07) is 22.8. The number of nitro benzene ring substituents is 1. The first kappa shape index (κ1) is 16.1. The van der Waals surface area contributed by atoms with Crippen LogP contribution in [0.3, 0.4) is 0 Å². The third kappa shape index (κ3) is 2.99. The Balaban J connectivity index is 1.79. The van der Waals surface area contributed by atoms with Crippen LogP contribution in [0.25, 0.3) is 0 Å². The van der Waals surface area contributed by atoms with Gasteiger partial charge < -0.3 is 9.64 Å². The summed E-state index contributed by atoms with van der Waals surface area (Å²) in [5.41, 5.74) is 4.11. The smallest absolute Gasteiger partial charge is 0.269 e. The number of nitrogens with zero attached hydrogens (tertiary/aromatic N) is 2. The molecule has 5 nitrogen and oxygen atoms in total. The van der Waals surface area contributed by atoms with Crippen molar-refractivity contribution in [3.05, 3.63) is 99.6 Å². The molecule has 3 aromatic carbocycles. The zero-order valence-electron chi connectivity index (χ0n) is 14.3. The molecule has 0 radical (unpaired) electrons. The van der Waals surface area contributed by atoms with Gasteiger partial charge in [-0.1, -0.05) is 48.0 Å². The van der Waals surface area contributed by atoms with E-state index in [1.165, 1.54) is 11.6 Å². The molecule has 0 aromatic heterocycles. The van der Waals surface area contributed by atoms with Crippen molar-refractivity contribution in [3.8, 4) is 5.75 Å². The molecule has 0 saturated carbocycles. The molecule has 26 heavy (non-hydrogen) atoms. The molecule has 0 aliphatic carbocycles. The second-order valence-electron chi connectivity index (χ2n) is 6.39. The molecule has 1 atom stereocenters. The topological polar surface area (TPSA) is 55.6 Å². The average Bonchev–Trinajstić information content (AvgIpc) is 2.67. The number of aryl methyl sites for hydroxylation is 1. The van der Waals surface area contributed by atoms with Crippen LogP contribution in [0.5, 0.6) is 5.75 Å². The van der Waals surface area contributed by atoms with Crippen LogP contribution >= 0.6 is 0 Å². The zero-order chi connectivity index (χ0) is 18.1. The maximum Gasteiger partial charge on any atom is 0.269 e. The molecule has 1 aliphatic rings. The molecule has 0 spiro atoms. The predicted octanol–water partition coefficient (Wildman–Crippen LogP) is 5.00. The lowest BCUT2D eigenvalue weighted by molar-refractivity contribution is -0.385. The minimum absolute atomic E-state index is 0.0637. The van der Waals surface area contributed by atoms with Gasteiger partial charge in [-0.15, -0.1) is 0 Å². The predicted molar refractivity (Wildman–Crippen MR) is 100 cm³/mol. The first-order valence-electron chi connectivity index (χ1n) is 8.44. The number of ether oxygens (including phenoxy) is 1. The fourth-order valence-electron chi connectivity index (χ4n) is 3.20. The summed E-state index contributed by atoms with van der Waals surface area (Å²) >= 11 is 0. The van der Waals surface area contributed by atoms with Crippen LogP contribution in [0.4, 0.5) is 11.4 Å². The number of hydrogen-bond donors (Lipinski definition) is 0. The fraction of sp³-hybridized carbons (Fsp3) is 0.143. The van der Waals surface area contributed by atoms with E-state index in [2.05, 4.69) is 29.2 Å². The molecule has 1 aliphatic heterocycles. The summed E-state index contributed by atoms with van der Waals surface area (Å²) in [5, 5.41) is 11.2. The van der Waals surface area contributed by atoms with Crippen molar-refractivity contribution in [3.63, 3.8) is 0 Å². The molecule has 0 bridgehead atoms. The number of rotatable bonds is 3. The van der Waals surface area contributed by atoms with Gasteiger partial charge in [-0.25, -0.2) is 0 Å². The molecule has 130 valence electrons. The molecule has 0 fully saturated rings. The van der Waals surface area contributed by atoms with Crippen molar-refractivity contribution in [1.82, 2.24) is 0 Å². The van der Waals surface area contributed by atoms with Gasteiger partial charge in [0, 0.05) is 28.9 Å². The molecule has 3 aromatic rings. The van der Waals surface area contributed by atoms with Crippen LogP contribution in [-0.4, -0.2) is 4.92 Å². The quantitative estimate of drug-likeness (QED) is 0.494. The zero-order valence-corrected chi connectivity index (χ0v) is 14.3. The van der Waals surface area contributed by atoms with Gasteiger partial charge in [0.05, 0.1) is 11.5 Å². The van der Waals surface area contributed by atoms with Gasteiger partial charge in [0.2, 0.25) is 0 Å². The van der Waals surface area contributed by atoms with Gasteiger partial charge in [0.25, 0.3) is 5.69 Å². The summed E-state index contributed by atoms with van der Waals surface area (Å²) in [7, 11) is 0.